The summed E-state index contributed by atoms with van der Waals surface area (Å²) in [4.78, 5) is 27.0. The molecule has 1 amide bonds. The third kappa shape index (κ3) is 4.40. The van der Waals surface area contributed by atoms with E-state index in [9.17, 15) is 9.59 Å². The number of rotatable bonds is 5. The number of hydrogen-bond donors (Lipinski definition) is 1. The van der Waals surface area contributed by atoms with E-state index in [-0.39, 0.29) is 5.91 Å². The lowest BCUT2D eigenvalue weighted by Crippen LogP contribution is -2.49. The van der Waals surface area contributed by atoms with E-state index < -0.39 is 5.97 Å². The van der Waals surface area contributed by atoms with Crippen molar-refractivity contribution in [2.45, 2.75) is 51.5 Å². The number of ether oxygens (including phenoxy) is 1. The number of hydrogen-bond acceptors (Lipinski definition) is 4. The Morgan fingerprint density at radius 3 is 2.76 bits per heavy atom. The molecule has 5 nitrogen and oxygen atoms in total. The van der Waals surface area contributed by atoms with Crippen molar-refractivity contribution in [1.82, 2.24) is 4.90 Å². The summed E-state index contributed by atoms with van der Waals surface area (Å²) in [5.74, 6) is 0.300. The SMILES string of the molecule is CCOC(=O)c1ccccc1NC(=O)CN1CCC[C@H]2CCCC[C@@H]21. The molecule has 136 valence electrons. The van der Waals surface area contributed by atoms with Crippen molar-refractivity contribution in [2.24, 2.45) is 5.92 Å². The largest absolute Gasteiger partial charge is 0.462 e. The summed E-state index contributed by atoms with van der Waals surface area (Å²) in [6.07, 6.45) is 7.58. The number of likely N-dealkylation sites (tertiary alicyclic amines) is 1. The molecular weight excluding hydrogens is 316 g/mol. The maximum atomic E-state index is 12.6. The second-order valence-corrected chi connectivity index (χ2v) is 7.04. The van der Waals surface area contributed by atoms with Gasteiger partial charge in [-0.3, -0.25) is 9.69 Å². The third-order valence-electron chi connectivity index (χ3n) is 5.40. The zero-order valence-electron chi connectivity index (χ0n) is 15.0. The Bertz CT molecular complexity index is 615. The summed E-state index contributed by atoms with van der Waals surface area (Å²) >= 11 is 0. The van der Waals surface area contributed by atoms with Gasteiger partial charge < -0.3 is 10.1 Å². The molecular formula is C20H28N2O3. The number of carbonyl (C=O) groups is 2. The van der Waals surface area contributed by atoms with Crippen LogP contribution in [-0.2, 0) is 9.53 Å². The van der Waals surface area contributed by atoms with Crippen LogP contribution in [0, 0.1) is 5.92 Å². The highest BCUT2D eigenvalue weighted by Crippen LogP contribution is 2.35. The van der Waals surface area contributed by atoms with Gasteiger partial charge in [0.25, 0.3) is 0 Å². The van der Waals surface area contributed by atoms with E-state index in [0.717, 1.165) is 12.5 Å². The lowest BCUT2D eigenvalue weighted by atomic mass is 9.78. The summed E-state index contributed by atoms with van der Waals surface area (Å²) in [7, 11) is 0. The number of esters is 1. The Morgan fingerprint density at radius 2 is 1.92 bits per heavy atom. The molecule has 0 spiro atoms. The first-order chi connectivity index (χ1) is 12.2. The van der Waals surface area contributed by atoms with Gasteiger partial charge in [-0.15, -0.1) is 0 Å². The van der Waals surface area contributed by atoms with Crippen molar-refractivity contribution in [3.05, 3.63) is 29.8 Å². The zero-order valence-corrected chi connectivity index (χ0v) is 15.0. The van der Waals surface area contributed by atoms with Gasteiger partial charge in [0.15, 0.2) is 0 Å². The minimum atomic E-state index is -0.399. The molecule has 1 saturated carbocycles. The summed E-state index contributed by atoms with van der Waals surface area (Å²) in [6, 6.07) is 7.58. The van der Waals surface area contributed by atoms with Gasteiger partial charge in [0.1, 0.15) is 0 Å². The fraction of sp³-hybridized carbons (Fsp3) is 0.600. The molecule has 5 heteroatoms. The van der Waals surface area contributed by atoms with E-state index in [2.05, 4.69) is 10.2 Å². The van der Waals surface area contributed by atoms with Crippen LogP contribution in [0.1, 0.15) is 55.8 Å². The summed E-state index contributed by atoms with van der Waals surface area (Å²) in [6.45, 7) is 3.49. The van der Waals surface area contributed by atoms with Crippen LogP contribution in [0.15, 0.2) is 24.3 Å². The molecule has 1 N–H and O–H groups in total. The molecule has 3 rings (SSSR count). The van der Waals surface area contributed by atoms with Crippen molar-refractivity contribution < 1.29 is 14.3 Å². The van der Waals surface area contributed by atoms with E-state index in [1.54, 1.807) is 25.1 Å². The lowest BCUT2D eigenvalue weighted by molar-refractivity contribution is -0.118. The van der Waals surface area contributed by atoms with E-state index >= 15 is 0 Å². The molecule has 25 heavy (non-hydrogen) atoms. The number of anilines is 1. The smallest absolute Gasteiger partial charge is 0.340 e. The minimum Gasteiger partial charge on any atom is -0.462 e. The van der Waals surface area contributed by atoms with Crippen LogP contribution >= 0.6 is 0 Å². The van der Waals surface area contributed by atoms with Crippen LogP contribution in [0.5, 0.6) is 0 Å². The molecule has 1 heterocycles. The number of fused-ring (bicyclic) bond motifs is 1. The first-order valence-electron chi connectivity index (χ1n) is 9.49. The molecule has 0 radical (unpaired) electrons. The molecule has 0 bridgehead atoms. The standard InChI is InChI=1S/C20H28N2O3/c1-2-25-20(24)16-10-4-5-11-17(16)21-19(23)14-22-13-7-9-15-8-3-6-12-18(15)22/h4-5,10-11,15,18H,2-3,6-9,12-14H2,1H3,(H,21,23)/t15-,18+/m1/s1. The van der Waals surface area contributed by atoms with Gasteiger partial charge >= 0.3 is 5.97 Å². The Balaban J connectivity index is 1.64. The molecule has 1 aromatic carbocycles. The highest BCUT2D eigenvalue weighted by atomic mass is 16.5. The van der Waals surface area contributed by atoms with Gasteiger partial charge in [-0.05, 0) is 57.2 Å². The van der Waals surface area contributed by atoms with E-state index in [1.165, 1.54) is 38.5 Å². The molecule has 0 unspecified atom stereocenters. The number of amides is 1. The maximum Gasteiger partial charge on any atom is 0.340 e. The average Bonchev–Trinajstić information content (AvgIpc) is 2.62. The second kappa shape index (κ2) is 8.48. The van der Waals surface area contributed by atoms with Crippen LogP contribution < -0.4 is 5.32 Å². The van der Waals surface area contributed by atoms with E-state index in [4.69, 9.17) is 4.74 Å². The monoisotopic (exact) mass is 344 g/mol. The molecule has 1 aliphatic carbocycles. The van der Waals surface area contributed by atoms with E-state index in [1.807, 2.05) is 6.07 Å². The van der Waals surface area contributed by atoms with Crippen molar-refractivity contribution in [3.63, 3.8) is 0 Å². The molecule has 0 aromatic heterocycles. The molecule has 2 aliphatic rings. The topological polar surface area (TPSA) is 58.6 Å². The van der Waals surface area contributed by atoms with Gasteiger partial charge in [0, 0.05) is 6.04 Å². The van der Waals surface area contributed by atoms with Gasteiger partial charge in [-0.25, -0.2) is 4.79 Å². The molecule has 1 saturated heterocycles. The first-order valence-corrected chi connectivity index (χ1v) is 9.49. The van der Waals surface area contributed by atoms with Crippen LogP contribution in [0.25, 0.3) is 0 Å². The summed E-state index contributed by atoms with van der Waals surface area (Å²) < 4.78 is 5.07. The number of para-hydroxylation sites is 1. The minimum absolute atomic E-state index is 0.0528. The Morgan fingerprint density at radius 1 is 1.16 bits per heavy atom. The van der Waals surface area contributed by atoms with E-state index in [0.29, 0.717) is 30.4 Å². The van der Waals surface area contributed by atoms with Gasteiger partial charge in [-0.1, -0.05) is 25.0 Å². The number of carbonyl (C=O) groups excluding carboxylic acids is 2. The number of benzene rings is 1. The number of nitrogens with one attached hydrogen (secondary N) is 1. The highest BCUT2D eigenvalue weighted by molar-refractivity contribution is 6.01. The highest BCUT2D eigenvalue weighted by Gasteiger charge is 2.33. The maximum absolute atomic E-state index is 12.6. The molecule has 1 aliphatic heterocycles. The van der Waals surface area contributed by atoms with Crippen molar-refractivity contribution in [1.29, 1.82) is 0 Å². The van der Waals surface area contributed by atoms with Crippen molar-refractivity contribution in [3.8, 4) is 0 Å². The van der Waals surface area contributed by atoms with Gasteiger partial charge in [0.05, 0.1) is 24.4 Å². The van der Waals surface area contributed by atoms with Crippen LogP contribution in [0.2, 0.25) is 0 Å². The van der Waals surface area contributed by atoms with Crippen molar-refractivity contribution in [2.75, 3.05) is 25.0 Å². The van der Waals surface area contributed by atoms with Crippen LogP contribution in [0.3, 0.4) is 0 Å². The number of piperidine rings is 1. The predicted molar refractivity (Wildman–Crippen MR) is 97.6 cm³/mol. The quantitative estimate of drug-likeness (QED) is 0.831. The average molecular weight is 344 g/mol. The van der Waals surface area contributed by atoms with Gasteiger partial charge in [0.2, 0.25) is 5.91 Å². The summed E-state index contributed by atoms with van der Waals surface area (Å²) in [5.41, 5.74) is 0.940. The lowest BCUT2D eigenvalue weighted by Gasteiger charge is -2.43. The Kier molecular flexibility index (Phi) is 6.08. The van der Waals surface area contributed by atoms with Gasteiger partial charge in [-0.2, -0.15) is 0 Å². The predicted octanol–water partition coefficient (Wildman–Crippen LogP) is 3.46. The van der Waals surface area contributed by atoms with Crippen molar-refractivity contribution >= 4 is 17.6 Å². The normalized spacial score (nSPS) is 23.6. The Hall–Kier alpha value is -1.88. The molecule has 2 fully saturated rings. The fourth-order valence-electron chi connectivity index (χ4n) is 4.28. The second-order valence-electron chi connectivity index (χ2n) is 7.04. The Labute approximate surface area is 149 Å². The molecule has 1 aromatic rings. The third-order valence-corrected chi connectivity index (χ3v) is 5.40. The number of nitrogens with zero attached hydrogens (tertiary/aromatic N) is 1. The van der Waals surface area contributed by atoms with Crippen LogP contribution in [-0.4, -0.2) is 42.5 Å². The first kappa shape index (κ1) is 17.9. The van der Waals surface area contributed by atoms with Crippen LogP contribution in [0.4, 0.5) is 5.69 Å². The summed E-state index contributed by atoms with van der Waals surface area (Å²) in [5, 5.41) is 2.91. The fourth-order valence-corrected chi connectivity index (χ4v) is 4.28. The zero-order chi connectivity index (χ0) is 17.6. The molecule has 2 atom stereocenters.